The normalized spacial score (nSPS) is 12.3. The highest BCUT2D eigenvalue weighted by molar-refractivity contribution is 6.32. The number of ether oxygens (including phenoxy) is 3. The zero-order valence-electron chi connectivity index (χ0n) is 14.9. The fourth-order valence-corrected chi connectivity index (χ4v) is 2.87. The van der Waals surface area contributed by atoms with Gasteiger partial charge in [-0.2, -0.15) is 0 Å². The Hall–Kier alpha value is -2.99. The Morgan fingerprint density at radius 1 is 1.22 bits per heavy atom. The number of nitrogens with zero attached hydrogens (tertiary/aromatic N) is 1. The molecule has 0 radical (unpaired) electrons. The third-order valence-corrected chi connectivity index (χ3v) is 4.32. The number of methoxy groups -OCH3 is 1. The van der Waals surface area contributed by atoms with Crippen LogP contribution >= 0.6 is 11.6 Å². The molecule has 0 unspecified atom stereocenters. The van der Waals surface area contributed by atoms with Crippen LogP contribution in [0.25, 0.3) is 6.08 Å². The molecule has 0 aliphatic carbocycles. The Balaban J connectivity index is 1.63. The number of esters is 1. The number of rotatable bonds is 5. The van der Waals surface area contributed by atoms with Gasteiger partial charge in [0.1, 0.15) is 0 Å². The molecule has 0 aromatic heterocycles. The van der Waals surface area contributed by atoms with Crippen LogP contribution in [0.1, 0.15) is 21.5 Å². The van der Waals surface area contributed by atoms with Gasteiger partial charge in [0.2, 0.25) is 12.7 Å². The van der Waals surface area contributed by atoms with E-state index in [1.165, 1.54) is 13.2 Å². The molecule has 0 fully saturated rings. The molecule has 0 spiro atoms. The number of carbonyl (C=O) groups is 2. The smallest absolute Gasteiger partial charge is 0.337 e. The maximum absolute atomic E-state index is 12.3. The van der Waals surface area contributed by atoms with Crippen molar-refractivity contribution in [2.75, 3.05) is 21.0 Å². The quantitative estimate of drug-likeness (QED) is 0.580. The molecule has 1 aliphatic heterocycles. The predicted molar refractivity (Wildman–Crippen MR) is 101 cm³/mol. The molecule has 7 heteroatoms. The summed E-state index contributed by atoms with van der Waals surface area (Å²) in [5.41, 5.74) is 2.11. The third-order valence-electron chi connectivity index (χ3n) is 4.04. The summed E-state index contributed by atoms with van der Waals surface area (Å²) >= 11 is 6.14. The first-order valence-electron chi connectivity index (χ1n) is 8.17. The highest BCUT2D eigenvalue weighted by atomic mass is 35.5. The Bertz CT molecular complexity index is 892. The van der Waals surface area contributed by atoms with Gasteiger partial charge in [-0.15, -0.1) is 0 Å². The average Bonchev–Trinajstić information content (AvgIpc) is 3.15. The van der Waals surface area contributed by atoms with Gasteiger partial charge in [0.25, 0.3) is 0 Å². The molecular formula is C20H18ClNO5. The number of amides is 1. The molecule has 6 nitrogen and oxygen atoms in total. The first-order chi connectivity index (χ1) is 13.0. The lowest BCUT2D eigenvalue weighted by Crippen LogP contribution is -2.24. The van der Waals surface area contributed by atoms with Gasteiger partial charge in [0.15, 0.2) is 11.5 Å². The summed E-state index contributed by atoms with van der Waals surface area (Å²) in [6, 6.07) is 10.4. The molecule has 0 saturated carbocycles. The lowest BCUT2D eigenvalue weighted by Gasteiger charge is -2.15. The van der Waals surface area contributed by atoms with Gasteiger partial charge in [-0.25, -0.2) is 4.79 Å². The van der Waals surface area contributed by atoms with Gasteiger partial charge in [-0.3, -0.25) is 4.79 Å². The molecule has 0 atom stereocenters. The molecule has 140 valence electrons. The molecule has 0 N–H and O–H groups in total. The second-order valence-electron chi connectivity index (χ2n) is 5.95. The van der Waals surface area contributed by atoms with Crippen LogP contribution in [0.5, 0.6) is 11.5 Å². The molecule has 27 heavy (non-hydrogen) atoms. The molecule has 0 saturated heterocycles. The molecule has 2 aromatic rings. The van der Waals surface area contributed by atoms with Gasteiger partial charge in [0.05, 0.1) is 17.7 Å². The van der Waals surface area contributed by atoms with Gasteiger partial charge >= 0.3 is 5.97 Å². The summed E-state index contributed by atoms with van der Waals surface area (Å²) in [5.74, 6) is 0.526. The van der Waals surface area contributed by atoms with Crippen molar-refractivity contribution >= 4 is 29.6 Å². The minimum atomic E-state index is -0.392. The van der Waals surface area contributed by atoms with Crippen LogP contribution in [-0.4, -0.2) is 37.7 Å². The SMILES string of the molecule is COC(=O)c1ccc(CN(C)C(=O)/C=C/c2cc(Cl)c3c(c2)OCO3)cc1. The van der Waals surface area contributed by atoms with E-state index < -0.39 is 5.97 Å². The van der Waals surface area contributed by atoms with Crippen molar-refractivity contribution in [1.29, 1.82) is 0 Å². The second kappa shape index (κ2) is 8.14. The minimum Gasteiger partial charge on any atom is -0.465 e. The Labute approximate surface area is 161 Å². The largest absolute Gasteiger partial charge is 0.465 e. The van der Waals surface area contributed by atoms with Gasteiger partial charge in [-0.1, -0.05) is 23.7 Å². The van der Waals surface area contributed by atoms with E-state index in [9.17, 15) is 9.59 Å². The van der Waals surface area contributed by atoms with Crippen LogP contribution in [0, 0.1) is 0 Å². The summed E-state index contributed by atoms with van der Waals surface area (Å²) in [5, 5.41) is 0.441. The molecule has 3 rings (SSSR count). The molecular weight excluding hydrogens is 370 g/mol. The molecule has 1 heterocycles. The molecule has 1 amide bonds. The van der Waals surface area contributed by atoms with Gasteiger partial charge < -0.3 is 19.1 Å². The maximum atomic E-state index is 12.3. The first kappa shape index (κ1) is 18.8. The van der Waals surface area contributed by atoms with E-state index in [0.717, 1.165) is 11.1 Å². The number of carbonyl (C=O) groups excluding carboxylic acids is 2. The topological polar surface area (TPSA) is 65.1 Å². The predicted octanol–water partition coefficient (Wildman–Crippen LogP) is 3.53. The van der Waals surface area contributed by atoms with Crippen molar-refractivity contribution in [3.63, 3.8) is 0 Å². The third kappa shape index (κ3) is 4.41. The first-order valence-corrected chi connectivity index (χ1v) is 8.55. The number of hydrogen-bond donors (Lipinski definition) is 0. The summed E-state index contributed by atoms with van der Waals surface area (Å²) < 4.78 is 15.2. The summed E-state index contributed by atoms with van der Waals surface area (Å²) in [4.78, 5) is 25.4. The van der Waals surface area contributed by atoms with Crippen molar-refractivity contribution in [3.8, 4) is 11.5 Å². The van der Waals surface area contributed by atoms with Crippen molar-refractivity contribution in [2.45, 2.75) is 6.54 Å². The summed E-state index contributed by atoms with van der Waals surface area (Å²) in [6.45, 7) is 0.547. The van der Waals surface area contributed by atoms with E-state index >= 15 is 0 Å². The van der Waals surface area contributed by atoms with E-state index in [-0.39, 0.29) is 12.7 Å². The van der Waals surface area contributed by atoms with Crippen LogP contribution in [-0.2, 0) is 16.1 Å². The van der Waals surface area contributed by atoms with E-state index in [1.54, 1.807) is 54.4 Å². The zero-order chi connectivity index (χ0) is 19.4. The van der Waals surface area contributed by atoms with Crippen LogP contribution < -0.4 is 9.47 Å². The fraction of sp³-hybridized carbons (Fsp3) is 0.200. The molecule has 0 bridgehead atoms. The summed E-state index contributed by atoms with van der Waals surface area (Å²) in [7, 11) is 3.04. The van der Waals surface area contributed by atoms with Crippen LogP contribution in [0.15, 0.2) is 42.5 Å². The minimum absolute atomic E-state index is 0.138. The fourth-order valence-electron chi connectivity index (χ4n) is 2.59. The number of likely N-dealkylation sites (N-methyl/N-ethyl adjacent to an activating group) is 1. The highest BCUT2D eigenvalue weighted by Gasteiger charge is 2.17. The van der Waals surface area contributed by atoms with E-state index in [1.807, 2.05) is 0 Å². The van der Waals surface area contributed by atoms with E-state index in [0.29, 0.717) is 28.6 Å². The Morgan fingerprint density at radius 3 is 2.67 bits per heavy atom. The van der Waals surface area contributed by atoms with Crippen molar-refractivity contribution in [3.05, 3.63) is 64.2 Å². The van der Waals surface area contributed by atoms with E-state index in [2.05, 4.69) is 4.74 Å². The summed E-state index contributed by atoms with van der Waals surface area (Å²) in [6.07, 6.45) is 3.14. The van der Waals surface area contributed by atoms with Crippen molar-refractivity contribution < 1.29 is 23.8 Å². The molecule has 1 aliphatic rings. The monoisotopic (exact) mass is 387 g/mol. The standard InChI is InChI=1S/C20H18ClNO5/c1-22(11-13-3-6-15(7-4-13)20(24)25-2)18(23)8-5-14-9-16(21)19-17(10-14)26-12-27-19/h3-10H,11-12H2,1-2H3/b8-5+. The maximum Gasteiger partial charge on any atom is 0.337 e. The number of halogens is 1. The van der Waals surface area contributed by atoms with Crippen LogP contribution in [0.4, 0.5) is 0 Å². The number of benzene rings is 2. The average molecular weight is 388 g/mol. The lowest BCUT2D eigenvalue weighted by atomic mass is 10.1. The molecule has 2 aromatic carbocycles. The Morgan fingerprint density at radius 2 is 1.96 bits per heavy atom. The van der Waals surface area contributed by atoms with Crippen molar-refractivity contribution in [1.82, 2.24) is 4.90 Å². The van der Waals surface area contributed by atoms with Crippen LogP contribution in [0.2, 0.25) is 5.02 Å². The Kier molecular flexibility index (Phi) is 5.66. The lowest BCUT2D eigenvalue weighted by molar-refractivity contribution is -0.125. The van der Waals surface area contributed by atoms with Gasteiger partial charge in [-0.05, 0) is 41.5 Å². The second-order valence-corrected chi connectivity index (χ2v) is 6.36. The number of hydrogen-bond acceptors (Lipinski definition) is 5. The number of fused-ring (bicyclic) bond motifs is 1. The zero-order valence-corrected chi connectivity index (χ0v) is 15.7. The van der Waals surface area contributed by atoms with E-state index in [4.69, 9.17) is 21.1 Å². The highest BCUT2D eigenvalue weighted by Crippen LogP contribution is 2.40. The van der Waals surface area contributed by atoms with Crippen molar-refractivity contribution in [2.24, 2.45) is 0 Å². The van der Waals surface area contributed by atoms with Gasteiger partial charge in [0, 0.05) is 19.7 Å². The van der Waals surface area contributed by atoms with Crippen LogP contribution in [0.3, 0.4) is 0 Å².